The van der Waals surface area contributed by atoms with Crippen molar-refractivity contribution in [2.24, 2.45) is 0 Å². The zero-order valence-electron chi connectivity index (χ0n) is 15.4. The fraction of sp³-hybridized carbons (Fsp3) is 0.190. The number of hydrogen-bond donors (Lipinski definition) is 0. The van der Waals surface area contributed by atoms with Gasteiger partial charge in [0.05, 0.1) is 10.6 Å². The minimum Gasteiger partial charge on any atom is -0.295 e. The number of sulfonamides is 1. The third kappa shape index (κ3) is 3.46. The molecular weight excluding hydrogens is 374 g/mol. The number of carbonyl (C=O) groups excluding carboxylic acids is 1. The van der Waals surface area contributed by atoms with Crippen LogP contribution < -0.4 is 0 Å². The molecule has 0 bridgehead atoms. The minimum atomic E-state index is -3.64. The molecule has 0 radical (unpaired) electrons. The van der Waals surface area contributed by atoms with Gasteiger partial charge in [-0.05, 0) is 19.1 Å². The molecule has 142 valence electrons. The standard InChI is InChI=1S/C21H19N3O3S/c1-15(25)16-7-9-19(10-8-16)28(26,27)24-12-11-20-18(14-24)13-22-21(23-20)17-5-3-2-4-6-17/h2-10,13H,11-12,14H2,1H3. The van der Waals surface area contributed by atoms with E-state index in [1.165, 1.54) is 23.4 Å². The maximum atomic E-state index is 13.0. The van der Waals surface area contributed by atoms with Crippen LogP contribution in [0, 0.1) is 0 Å². The van der Waals surface area contributed by atoms with Crippen LogP contribution in [-0.2, 0) is 23.0 Å². The lowest BCUT2D eigenvalue weighted by molar-refractivity contribution is 0.101. The number of aromatic nitrogens is 2. The first-order chi connectivity index (χ1) is 13.4. The van der Waals surface area contributed by atoms with Gasteiger partial charge >= 0.3 is 0 Å². The number of Topliss-reactive ketones (excluding diaryl/α,β-unsaturated/α-hetero) is 1. The molecule has 7 heteroatoms. The molecule has 1 aliphatic rings. The zero-order valence-corrected chi connectivity index (χ0v) is 16.2. The van der Waals surface area contributed by atoms with E-state index in [9.17, 15) is 13.2 Å². The molecule has 0 spiro atoms. The molecule has 0 saturated carbocycles. The highest BCUT2D eigenvalue weighted by Crippen LogP contribution is 2.25. The lowest BCUT2D eigenvalue weighted by Gasteiger charge is -2.27. The zero-order chi connectivity index (χ0) is 19.7. The summed E-state index contributed by atoms with van der Waals surface area (Å²) in [5.74, 6) is 0.553. The first-order valence-electron chi connectivity index (χ1n) is 8.96. The lowest BCUT2D eigenvalue weighted by Crippen LogP contribution is -2.36. The fourth-order valence-electron chi connectivity index (χ4n) is 3.23. The molecule has 0 unspecified atom stereocenters. The normalized spacial score (nSPS) is 14.5. The highest BCUT2D eigenvalue weighted by molar-refractivity contribution is 7.89. The molecule has 0 saturated heterocycles. The van der Waals surface area contributed by atoms with Crippen molar-refractivity contribution < 1.29 is 13.2 Å². The van der Waals surface area contributed by atoms with Gasteiger partial charge in [-0.3, -0.25) is 4.79 Å². The molecular formula is C21H19N3O3S. The van der Waals surface area contributed by atoms with Crippen molar-refractivity contribution in [2.45, 2.75) is 24.8 Å². The number of carbonyl (C=O) groups is 1. The van der Waals surface area contributed by atoms with Gasteiger partial charge < -0.3 is 0 Å². The third-order valence-corrected chi connectivity index (χ3v) is 6.69. The summed E-state index contributed by atoms with van der Waals surface area (Å²) >= 11 is 0. The van der Waals surface area contributed by atoms with Gasteiger partial charge in [0.15, 0.2) is 11.6 Å². The van der Waals surface area contributed by atoms with Crippen molar-refractivity contribution >= 4 is 15.8 Å². The Balaban J connectivity index is 1.59. The number of fused-ring (bicyclic) bond motifs is 1. The molecule has 0 atom stereocenters. The Kier molecular flexibility index (Phi) is 4.78. The SMILES string of the molecule is CC(=O)c1ccc(S(=O)(=O)N2CCc3nc(-c4ccccc4)ncc3C2)cc1. The van der Waals surface area contributed by atoms with E-state index in [0.29, 0.717) is 24.4 Å². The van der Waals surface area contributed by atoms with Gasteiger partial charge in [0.2, 0.25) is 10.0 Å². The predicted octanol–water partition coefficient (Wildman–Crippen LogP) is 3.09. The number of ketones is 1. The summed E-state index contributed by atoms with van der Waals surface area (Å²) in [6.07, 6.45) is 2.24. The molecule has 1 aromatic heterocycles. The van der Waals surface area contributed by atoms with Gasteiger partial charge in [-0.25, -0.2) is 18.4 Å². The van der Waals surface area contributed by atoms with Crippen molar-refractivity contribution in [1.82, 2.24) is 14.3 Å². The van der Waals surface area contributed by atoms with Gasteiger partial charge in [-0.1, -0.05) is 42.5 Å². The van der Waals surface area contributed by atoms with E-state index >= 15 is 0 Å². The van der Waals surface area contributed by atoms with Crippen molar-refractivity contribution in [3.05, 3.63) is 77.6 Å². The number of benzene rings is 2. The smallest absolute Gasteiger partial charge is 0.243 e. The van der Waals surface area contributed by atoms with Crippen LogP contribution >= 0.6 is 0 Å². The van der Waals surface area contributed by atoms with E-state index in [2.05, 4.69) is 9.97 Å². The Hall–Kier alpha value is -2.90. The van der Waals surface area contributed by atoms with Crippen LogP contribution in [-0.4, -0.2) is 35.0 Å². The van der Waals surface area contributed by atoms with E-state index in [0.717, 1.165) is 16.8 Å². The largest absolute Gasteiger partial charge is 0.295 e. The van der Waals surface area contributed by atoms with Crippen LogP contribution in [0.4, 0.5) is 0 Å². The quantitative estimate of drug-likeness (QED) is 0.637. The third-order valence-electron chi connectivity index (χ3n) is 4.83. The molecule has 2 heterocycles. The van der Waals surface area contributed by atoms with E-state index in [-0.39, 0.29) is 17.2 Å². The summed E-state index contributed by atoms with van der Waals surface area (Å²) in [6, 6.07) is 15.8. The number of nitrogens with zero attached hydrogens (tertiary/aromatic N) is 3. The maximum Gasteiger partial charge on any atom is 0.243 e. The van der Waals surface area contributed by atoms with Crippen molar-refractivity contribution in [2.75, 3.05) is 6.54 Å². The minimum absolute atomic E-state index is 0.0952. The Labute approximate surface area is 163 Å². The summed E-state index contributed by atoms with van der Waals surface area (Å²) in [6.45, 7) is 2.05. The second-order valence-corrected chi connectivity index (χ2v) is 8.64. The van der Waals surface area contributed by atoms with Crippen LogP contribution in [0.15, 0.2) is 65.7 Å². The van der Waals surface area contributed by atoms with Crippen LogP contribution in [0.25, 0.3) is 11.4 Å². The first kappa shape index (κ1) is 18.5. The monoisotopic (exact) mass is 393 g/mol. The summed E-state index contributed by atoms with van der Waals surface area (Å²) in [4.78, 5) is 20.6. The van der Waals surface area contributed by atoms with Crippen LogP contribution in [0.1, 0.15) is 28.5 Å². The number of hydrogen-bond acceptors (Lipinski definition) is 5. The Morgan fingerprint density at radius 2 is 1.75 bits per heavy atom. The van der Waals surface area contributed by atoms with Crippen LogP contribution in [0.2, 0.25) is 0 Å². The van der Waals surface area contributed by atoms with Crippen LogP contribution in [0.5, 0.6) is 0 Å². The highest BCUT2D eigenvalue weighted by Gasteiger charge is 2.29. The van der Waals surface area contributed by atoms with Gasteiger partial charge in [0.1, 0.15) is 0 Å². The predicted molar refractivity (Wildman–Crippen MR) is 105 cm³/mol. The summed E-state index contributed by atoms with van der Waals surface area (Å²) in [5.41, 5.74) is 3.12. The molecule has 0 aliphatic carbocycles. The molecule has 28 heavy (non-hydrogen) atoms. The van der Waals surface area contributed by atoms with E-state index in [1.54, 1.807) is 18.3 Å². The summed E-state index contributed by atoms with van der Waals surface area (Å²) in [5, 5.41) is 0. The molecule has 0 fully saturated rings. The van der Waals surface area contributed by atoms with Gasteiger partial charge in [0, 0.05) is 42.4 Å². The molecule has 1 aliphatic heterocycles. The van der Waals surface area contributed by atoms with Crippen LogP contribution in [0.3, 0.4) is 0 Å². The molecule has 0 amide bonds. The molecule has 4 rings (SSSR count). The maximum absolute atomic E-state index is 13.0. The molecule has 6 nitrogen and oxygen atoms in total. The Morgan fingerprint density at radius 3 is 2.43 bits per heavy atom. The van der Waals surface area contributed by atoms with E-state index in [1.807, 2.05) is 30.3 Å². The molecule has 0 N–H and O–H groups in total. The van der Waals surface area contributed by atoms with E-state index in [4.69, 9.17) is 0 Å². The summed E-state index contributed by atoms with van der Waals surface area (Å²) in [7, 11) is -3.64. The average molecular weight is 393 g/mol. The first-order valence-corrected chi connectivity index (χ1v) is 10.4. The highest BCUT2D eigenvalue weighted by atomic mass is 32.2. The Morgan fingerprint density at radius 1 is 1.04 bits per heavy atom. The second kappa shape index (κ2) is 7.26. The number of rotatable bonds is 4. The van der Waals surface area contributed by atoms with Crippen molar-refractivity contribution in [3.63, 3.8) is 0 Å². The molecule has 2 aromatic carbocycles. The molecule has 3 aromatic rings. The van der Waals surface area contributed by atoms with Crippen molar-refractivity contribution in [1.29, 1.82) is 0 Å². The fourth-order valence-corrected chi connectivity index (χ4v) is 4.65. The Bertz CT molecular complexity index is 1130. The second-order valence-electron chi connectivity index (χ2n) is 6.70. The van der Waals surface area contributed by atoms with E-state index < -0.39 is 10.0 Å². The average Bonchev–Trinajstić information content (AvgIpc) is 2.73. The topological polar surface area (TPSA) is 80.2 Å². The van der Waals surface area contributed by atoms with Gasteiger partial charge in [-0.15, -0.1) is 0 Å². The lowest BCUT2D eigenvalue weighted by atomic mass is 10.1. The van der Waals surface area contributed by atoms with Gasteiger partial charge in [0.25, 0.3) is 0 Å². The summed E-state index contributed by atoms with van der Waals surface area (Å²) < 4.78 is 27.4. The van der Waals surface area contributed by atoms with Gasteiger partial charge in [-0.2, -0.15) is 4.31 Å². The van der Waals surface area contributed by atoms with Crippen molar-refractivity contribution in [3.8, 4) is 11.4 Å².